The van der Waals surface area contributed by atoms with E-state index in [-0.39, 0.29) is 22.8 Å². The Morgan fingerprint density at radius 2 is 1.96 bits per heavy atom. The Kier molecular flexibility index (Phi) is 4.90. The summed E-state index contributed by atoms with van der Waals surface area (Å²) >= 11 is 6.14. The molecule has 128 valence electrons. The third-order valence-corrected chi connectivity index (χ3v) is 5.21. The third kappa shape index (κ3) is 3.05. The van der Waals surface area contributed by atoms with Gasteiger partial charge < -0.3 is 9.80 Å². The van der Waals surface area contributed by atoms with Crippen molar-refractivity contribution in [1.82, 2.24) is 4.90 Å². The van der Waals surface area contributed by atoms with Crippen LogP contribution in [0.3, 0.4) is 0 Å². The number of benzene rings is 1. The van der Waals surface area contributed by atoms with Crippen molar-refractivity contribution in [3.63, 3.8) is 0 Å². The summed E-state index contributed by atoms with van der Waals surface area (Å²) in [6.45, 7) is 5.13. The first kappa shape index (κ1) is 17.0. The summed E-state index contributed by atoms with van der Waals surface area (Å²) in [5.41, 5.74) is 1.44. The number of likely N-dealkylation sites (tertiary alicyclic amines) is 1. The van der Waals surface area contributed by atoms with Crippen LogP contribution in [0.15, 0.2) is 24.8 Å². The molecule has 2 aliphatic heterocycles. The zero-order valence-corrected chi connectivity index (χ0v) is 14.2. The van der Waals surface area contributed by atoms with Crippen LogP contribution in [-0.2, 0) is 16.0 Å². The van der Waals surface area contributed by atoms with E-state index in [0.717, 1.165) is 18.4 Å². The summed E-state index contributed by atoms with van der Waals surface area (Å²) in [5, 5.41) is 0.0276. The van der Waals surface area contributed by atoms with Gasteiger partial charge in [-0.3, -0.25) is 9.59 Å². The molecule has 0 N–H and O–H groups in total. The number of amides is 2. The van der Waals surface area contributed by atoms with E-state index < -0.39 is 5.82 Å². The molecule has 0 bridgehead atoms. The van der Waals surface area contributed by atoms with Crippen LogP contribution in [0.2, 0.25) is 5.02 Å². The Morgan fingerprint density at radius 3 is 2.62 bits per heavy atom. The Hall–Kier alpha value is -1.88. The second-order valence-corrected chi connectivity index (χ2v) is 6.64. The molecule has 0 saturated carbocycles. The van der Waals surface area contributed by atoms with Gasteiger partial charge in [0.15, 0.2) is 0 Å². The zero-order chi connectivity index (χ0) is 17.3. The summed E-state index contributed by atoms with van der Waals surface area (Å²) < 4.78 is 13.8. The maximum absolute atomic E-state index is 13.8. The lowest BCUT2D eigenvalue weighted by molar-refractivity contribution is -0.131. The van der Waals surface area contributed by atoms with E-state index in [9.17, 15) is 14.0 Å². The predicted octanol–water partition coefficient (Wildman–Crippen LogP) is 3.18. The topological polar surface area (TPSA) is 40.6 Å². The highest BCUT2D eigenvalue weighted by molar-refractivity contribution is 6.34. The molecular formula is C18H20ClFN2O2. The van der Waals surface area contributed by atoms with Gasteiger partial charge in [0, 0.05) is 25.6 Å². The van der Waals surface area contributed by atoms with Crippen LogP contribution in [0, 0.1) is 11.7 Å². The molecule has 2 heterocycles. The van der Waals surface area contributed by atoms with E-state index in [1.807, 2.05) is 0 Å². The number of halogens is 2. The standard InChI is InChI=1S/C18H20ClFN2O2/c1-2-15(23)21-10-7-13(8-11-21)18(24)22-9-3-4-12-5-6-14(20)16(19)17(12)22/h2,5-6,13H,1,3-4,7-11H2. The molecule has 1 fully saturated rings. The minimum Gasteiger partial charge on any atom is -0.339 e. The van der Waals surface area contributed by atoms with E-state index in [4.69, 9.17) is 11.6 Å². The van der Waals surface area contributed by atoms with E-state index >= 15 is 0 Å². The number of piperidine rings is 1. The molecule has 0 atom stereocenters. The Bertz CT molecular complexity index is 684. The Labute approximate surface area is 145 Å². The normalized spacial score (nSPS) is 18.2. The molecule has 2 aliphatic rings. The molecule has 24 heavy (non-hydrogen) atoms. The number of anilines is 1. The SMILES string of the molecule is C=CC(=O)N1CCC(C(=O)N2CCCc3ccc(F)c(Cl)c32)CC1. The molecule has 2 amide bonds. The minimum absolute atomic E-state index is 0.0193. The van der Waals surface area contributed by atoms with Crippen molar-refractivity contribution in [3.05, 3.63) is 41.2 Å². The molecule has 0 unspecified atom stereocenters. The number of hydrogen-bond donors (Lipinski definition) is 0. The van der Waals surface area contributed by atoms with Gasteiger partial charge in [0.1, 0.15) is 10.8 Å². The first-order chi connectivity index (χ1) is 11.5. The van der Waals surface area contributed by atoms with Crippen LogP contribution in [0.25, 0.3) is 0 Å². The summed E-state index contributed by atoms with van der Waals surface area (Å²) in [4.78, 5) is 27.9. The van der Waals surface area contributed by atoms with Gasteiger partial charge in [0.2, 0.25) is 11.8 Å². The number of fused-ring (bicyclic) bond motifs is 1. The Balaban J connectivity index is 1.77. The fourth-order valence-electron chi connectivity index (χ4n) is 3.53. The highest BCUT2D eigenvalue weighted by Gasteiger charge is 2.33. The summed E-state index contributed by atoms with van der Waals surface area (Å²) in [6, 6.07) is 3.07. The van der Waals surface area contributed by atoms with Gasteiger partial charge in [-0.05, 0) is 43.4 Å². The molecular weight excluding hydrogens is 331 g/mol. The van der Waals surface area contributed by atoms with Crippen molar-refractivity contribution >= 4 is 29.1 Å². The van der Waals surface area contributed by atoms with Crippen LogP contribution in [0.1, 0.15) is 24.8 Å². The zero-order valence-electron chi connectivity index (χ0n) is 13.4. The van der Waals surface area contributed by atoms with Crippen molar-refractivity contribution in [2.24, 2.45) is 5.92 Å². The molecule has 6 heteroatoms. The quantitative estimate of drug-likeness (QED) is 0.769. The fraction of sp³-hybridized carbons (Fsp3) is 0.444. The number of carbonyl (C=O) groups is 2. The lowest BCUT2D eigenvalue weighted by Crippen LogP contribution is -2.45. The molecule has 0 aliphatic carbocycles. The van der Waals surface area contributed by atoms with Gasteiger partial charge in [-0.15, -0.1) is 0 Å². The smallest absolute Gasteiger partial charge is 0.245 e. The van der Waals surface area contributed by atoms with E-state index in [2.05, 4.69) is 6.58 Å². The minimum atomic E-state index is -0.499. The fourth-order valence-corrected chi connectivity index (χ4v) is 3.82. The van der Waals surface area contributed by atoms with Crippen LogP contribution < -0.4 is 4.90 Å². The molecule has 0 radical (unpaired) electrons. The number of aryl methyl sites for hydroxylation is 1. The number of rotatable bonds is 2. The van der Waals surface area contributed by atoms with E-state index in [0.29, 0.717) is 38.2 Å². The summed E-state index contributed by atoms with van der Waals surface area (Å²) in [7, 11) is 0. The maximum atomic E-state index is 13.8. The molecule has 0 aromatic heterocycles. The largest absolute Gasteiger partial charge is 0.339 e. The van der Waals surface area contributed by atoms with Crippen molar-refractivity contribution in [3.8, 4) is 0 Å². The van der Waals surface area contributed by atoms with Crippen LogP contribution in [0.4, 0.5) is 10.1 Å². The van der Waals surface area contributed by atoms with Crippen molar-refractivity contribution in [2.45, 2.75) is 25.7 Å². The average Bonchev–Trinajstić information content (AvgIpc) is 2.63. The van der Waals surface area contributed by atoms with Gasteiger partial charge in [-0.2, -0.15) is 0 Å². The monoisotopic (exact) mass is 350 g/mol. The van der Waals surface area contributed by atoms with Crippen LogP contribution in [-0.4, -0.2) is 36.3 Å². The first-order valence-corrected chi connectivity index (χ1v) is 8.60. The number of carbonyl (C=O) groups excluding carboxylic acids is 2. The molecule has 0 spiro atoms. The van der Waals surface area contributed by atoms with E-state index in [1.165, 1.54) is 12.1 Å². The molecule has 1 aromatic rings. The number of hydrogen-bond acceptors (Lipinski definition) is 2. The van der Waals surface area contributed by atoms with Gasteiger partial charge >= 0.3 is 0 Å². The van der Waals surface area contributed by atoms with Gasteiger partial charge in [0.25, 0.3) is 0 Å². The number of nitrogens with zero attached hydrogens (tertiary/aromatic N) is 2. The summed E-state index contributed by atoms with van der Waals surface area (Å²) in [6.07, 6.45) is 4.15. The lowest BCUT2D eigenvalue weighted by atomic mass is 9.93. The average molecular weight is 351 g/mol. The van der Waals surface area contributed by atoms with Crippen LogP contribution in [0.5, 0.6) is 0 Å². The van der Waals surface area contributed by atoms with Crippen molar-refractivity contribution in [2.75, 3.05) is 24.5 Å². The van der Waals surface area contributed by atoms with Gasteiger partial charge in [-0.25, -0.2) is 4.39 Å². The predicted molar refractivity (Wildman–Crippen MR) is 91.6 cm³/mol. The van der Waals surface area contributed by atoms with Crippen molar-refractivity contribution < 1.29 is 14.0 Å². The highest BCUT2D eigenvalue weighted by Crippen LogP contribution is 2.37. The van der Waals surface area contributed by atoms with Crippen molar-refractivity contribution in [1.29, 1.82) is 0 Å². The summed E-state index contributed by atoms with van der Waals surface area (Å²) in [5.74, 6) is -0.783. The highest BCUT2D eigenvalue weighted by atomic mass is 35.5. The van der Waals surface area contributed by atoms with Gasteiger partial charge in [-0.1, -0.05) is 24.2 Å². The van der Waals surface area contributed by atoms with Crippen LogP contribution >= 0.6 is 11.6 Å². The lowest BCUT2D eigenvalue weighted by Gasteiger charge is -2.36. The van der Waals surface area contributed by atoms with E-state index in [1.54, 1.807) is 15.9 Å². The van der Waals surface area contributed by atoms with Gasteiger partial charge in [0.05, 0.1) is 5.69 Å². The second-order valence-electron chi connectivity index (χ2n) is 6.27. The first-order valence-electron chi connectivity index (χ1n) is 8.22. The third-order valence-electron chi connectivity index (χ3n) is 4.85. The second kappa shape index (κ2) is 6.93. The maximum Gasteiger partial charge on any atom is 0.245 e. The molecule has 1 aromatic carbocycles. The molecule has 3 rings (SSSR count). The molecule has 4 nitrogen and oxygen atoms in total. The Morgan fingerprint density at radius 1 is 1.25 bits per heavy atom. The molecule has 1 saturated heterocycles.